The topological polar surface area (TPSA) is 62.3 Å². The van der Waals surface area contributed by atoms with Crippen molar-refractivity contribution in [1.29, 1.82) is 0 Å². The number of benzene rings is 1. The van der Waals surface area contributed by atoms with E-state index >= 15 is 0 Å². The molecule has 0 spiro atoms. The van der Waals surface area contributed by atoms with E-state index < -0.39 is 0 Å². The van der Waals surface area contributed by atoms with Gasteiger partial charge in [0.1, 0.15) is 11.9 Å². The van der Waals surface area contributed by atoms with Gasteiger partial charge < -0.3 is 10.2 Å². The Labute approximate surface area is 159 Å². The molecule has 1 aliphatic heterocycles. The van der Waals surface area contributed by atoms with Gasteiger partial charge in [0.15, 0.2) is 0 Å². The van der Waals surface area contributed by atoms with E-state index in [1.165, 1.54) is 11.8 Å². The van der Waals surface area contributed by atoms with Gasteiger partial charge in [0.05, 0.1) is 15.8 Å². The van der Waals surface area contributed by atoms with Gasteiger partial charge in [-0.05, 0) is 35.4 Å². The summed E-state index contributed by atoms with van der Waals surface area (Å²) in [5, 5.41) is 3.47. The predicted octanol–water partition coefficient (Wildman–Crippen LogP) is 3.28. The number of carbonyl (C=O) groups excluding carboxylic acids is 2. The molecule has 25 heavy (non-hydrogen) atoms. The molecule has 2 aromatic rings. The van der Waals surface area contributed by atoms with Crippen molar-refractivity contribution in [1.82, 2.24) is 15.2 Å². The van der Waals surface area contributed by atoms with Crippen LogP contribution in [0.3, 0.4) is 0 Å². The smallest absolute Gasteiger partial charge is 0.239 e. The predicted molar refractivity (Wildman–Crippen MR) is 99.5 cm³/mol. The lowest BCUT2D eigenvalue weighted by Crippen LogP contribution is -2.39. The Balaban J connectivity index is 1.65. The number of halogens is 2. The molecule has 1 fully saturated rings. The molecule has 1 aromatic carbocycles. The molecule has 0 radical (unpaired) electrons. The maximum Gasteiger partial charge on any atom is 0.239 e. The van der Waals surface area contributed by atoms with Crippen molar-refractivity contribution in [2.45, 2.75) is 11.9 Å². The lowest BCUT2D eigenvalue weighted by atomic mass is 10.2. The van der Waals surface area contributed by atoms with Crippen LogP contribution in [0.5, 0.6) is 0 Å². The summed E-state index contributed by atoms with van der Waals surface area (Å²) < 4.78 is 0. The Kier molecular flexibility index (Phi) is 5.83. The number of hydrogen-bond donors (Lipinski definition) is 1. The Morgan fingerprint density at radius 3 is 2.72 bits per heavy atom. The minimum Gasteiger partial charge on any atom is -0.350 e. The van der Waals surface area contributed by atoms with E-state index in [4.69, 9.17) is 23.2 Å². The van der Waals surface area contributed by atoms with Crippen molar-refractivity contribution in [3.8, 4) is 0 Å². The van der Waals surface area contributed by atoms with Crippen LogP contribution in [0.1, 0.15) is 16.5 Å². The summed E-state index contributed by atoms with van der Waals surface area (Å²) in [7, 11) is 0. The number of nitrogens with zero attached hydrogens (tertiary/aromatic N) is 2. The minimum atomic E-state index is -0.242. The number of amides is 2. The second-order valence-electron chi connectivity index (χ2n) is 5.49. The zero-order valence-electron chi connectivity index (χ0n) is 13.1. The molecule has 1 atom stereocenters. The normalized spacial score (nSPS) is 17.0. The largest absolute Gasteiger partial charge is 0.350 e. The van der Waals surface area contributed by atoms with Crippen LogP contribution in [0.25, 0.3) is 0 Å². The summed E-state index contributed by atoms with van der Waals surface area (Å²) in [6, 6.07) is 8.92. The molecule has 0 bridgehead atoms. The molecule has 2 amide bonds. The number of thioether (sulfide) groups is 1. The number of rotatable bonds is 5. The summed E-state index contributed by atoms with van der Waals surface area (Å²) in [6.45, 7) is 0.399. The third kappa shape index (κ3) is 4.45. The van der Waals surface area contributed by atoms with Crippen molar-refractivity contribution in [3.63, 3.8) is 0 Å². The summed E-state index contributed by atoms with van der Waals surface area (Å²) in [5.41, 5.74) is 1.80. The molecule has 2 heterocycles. The van der Waals surface area contributed by atoms with Gasteiger partial charge >= 0.3 is 0 Å². The van der Waals surface area contributed by atoms with Crippen LogP contribution < -0.4 is 5.32 Å². The minimum absolute atomic E-state index is 0.00181. The molecule has 3 rings (SSSR count). The van der Waals surface area contributed by atoms with Crippen molar-refractivity contribution in [2.75, 3.05) is 12.3 Å². The summed E-state index contributed by atoms with van der Waals surface area (Å²) in [5.74, 6) is 0.0561. The number of aromatic nitrogens is 1. The average molecular weight is 396 g/mol. The van der Waals surface area contributed by atoms with E-state index in [0.29, 0.717) is 22.3 Å². The number of nitrogens with one attached hydrogen (secondary N) is 1. The van der Waals surface area contributed by atoms with Gasteiger partial charge in [-0.2, -0.15) is 0 Å². The van der Waals surface area contributed by atoms with Crippen LogP contribution >= 0.6 is 35.0 Å². The summed E-state index contributed by atoms with van der Waals surface area (Å²) >= 11 is 13.5. The Morgan fingerprint density at radius 1 is 1.24 bits per heavy atom. The second-order valence-corrected chi connectivity index (χ2v) is 7.37. The zero-order valence-corrected chi connectivity index (χ0v) is 15.4. The molecule has 130 valence electrons. The van der Waals surface area contributed by atoms with Crippen LogP contribution in [-0.4, -0.2) is 34.0 Å². The molecular weight excluding hydrogens is 381 g/mol. The molecule has 5 nitrogen and oxygen atoms in total. The molecule has 0 aliphatic carbocycles. The van der Waals surface area contributed by atoms with Crippen molar-refractivity contribution in [3.05, 3.63) is 63.9 Å². The van der Waals surface area contributed by atoms with E-state index in [0.717, 1.165) is 11.1 Å². The van der Waals surface area contributed by atoms with Gasteiger partial charge in [0.25, 0.3) is 0 Å². The van der Waals surface area contributed by atoms with Crippen LogP contribution in [0.15, 0.2) is 42.7 Å². The van der Waals surface area contributed by atoms with Crippen molar-refractivity contribution in [2.24, 2.45) is 0 Å². The van der Waals surface area contributed by atoms with Gasteiger partial charge in [0, 0.05) is 18.9 Å². The highest BCUT2D eigenvalue weighted by atomic mass is 35.5. The second kappa shape index (κ2) is 8.08. The van der Waals surface area contributed by atoms with Crippen LogP contribution in [0.2, 0.25) is 10.0 Å². The van der Waals surface area contributed by atoms with E-state index in [-0.39, 0.29) is 23.7 Å². The fourth-order valence-electron chi connectivity index (χ4n) is 2.48. The molecule has 1 N–H and O–H groups in total. The molecule has 0 saturated carbocycles. The van der Waals surface area contributed by atoms with Crippen LogP contribution in [0.4, 0.5) is 0 Å². The molecule has 1 saturated heterocycles. The number of carbonyl (C=O) groups is 2. The third-order valence-corrected chi connectivity index (χ3v) is 5.74. The first-order valence-corrected chi connectivity index (χ1v) is 9.36. The van der Waals surface area contributed by atoms with Crippen LogP contribution in [-0.2, 0) is 16.1 Å². The Morgan fingerprint density at radius 2 is 2.00 bits per heavy atom. The van der Waals surface area contributed by atoms with Gasteiger partial charge in [-0.1, -0.05) is 29.3 Å². The monoisotopic (exact) mass is 395 g/mol. The van der Waals surface area contributed by atoms with Gasteiger partial charge in [-0.25, -0.2) is 0 Å². The summed E-state index contributed by atoms with van der Waals surface area (Å²) in [6.07, 6.45) is 3.34. The zero-order chi connectivity index (χ0) is 17.8. The van der Waals surface area contributed by atoms with E-state index in [1.807, 2.05) is 18.2 Å². The Hall–Kier alpha value is -1.76. The maximum absolute atomic E-state index is 12.2. The van der Waals surface area contributed by atoms with Gasteiger partial charge in [-0.15, -0.1) is 11.8 Å². The number of pyridine rings is 1. The lowest BCUT2D eigenvalue weighted by Gasteiger charge is -2.24. The standard InChI is InChI=1S/C17H15Cl2N3O2S/c18-13-2-1-12(7-14(13)19)17-22(16(24)10-25-17)9-15(23)21-8-11-3-5-20-6-4-11/h1-7,17H,8-10H2,(H,21,23)/t17-/m1/s1. The quantitative estimate of drug-likeness (QED) is 0.843. The van der Waals surface area contributed by atoms with Crippen molar-refractivity contribution < 1.29 is 9.59 Å². The molecule has 1 aromatic heterocycles. The molecular formula is C17H15Cl2N3O2S. The first kappa shape index (κ1) is 18.0. The first-order chi connectivity index (χ1) is 12.0. The average Bonchev–Trinajstić information content (AvgIpc) is 2.97. The van der Waals surface area contributed by atoms with E-state index in [2.05, 4.69) is 10.3 Å². The van der Waals surface area contributed by atoms with Gasteiger partial charge in [0.2, 0.25) is 11.8 Å². The molecule has 0 unspecified atom stereocenters. The molecule has 1 aliphatic rings. The fourth-order valence-corrected chi connectivity index (χ4v) is 3.96. The van der Waals surface area contributed by atoms with E-state index in [9.17, 15) is 9.59 Å². The van der Waals surface area contributed by atoms with Crippen LogP contribution in [0, 0.1) is 0 Å². The number of hydrogen-bond acceptors (Lipinski definition) is 4. The Bertz CT molecular complexity index is 789. The van der Waals surface area contributed by atoms with E-state index in [1.54, 1.807) is 29.4 Å². The first-order valence-electron chi connectivity index (χ1n) is 7.56. The maximum atomic E-state index is 12.2. The lowest BCUT2D eigenvalue weighted by molar-refractivity contribution is -0.133. The highest BCUT2D eigenvalue weighted by Gasteiger charge is 2.34. The van der Waals surface area contributed by atoms with Crippen molar-refractivity contribution >= 4 is 46.8 Å². The highest BCUT2D eigenvalue weighted by molar-refractivity contribution is 8.00. The summed E-state index contributed by atoms with van der Waals surface area (Å²) in [4.78, 5) is 29.9. The van der Waals surface area contributed by atoms with Gasteiger partial charge in [-0.3, -0.25) is 14.6 Å². The SMILES string of the molecule is O=C(CN1C(=O)CS[C@@H]1c1ccc(Cl)c(Cl)c1)NCc1ccncc1. The third-order valence-electron chi connectivity index (χ3n) is 3.75. The fraction of sp³-hybridized carbons (Fsp3) is 0.235. The molecule has 8 heteroatoms. The highest BCUT2D eigenvalue weighted by Crippen LogP contribution is 2.40.